The lowest BCUT2D eigenvalue weighted by atomic mass is 10.2. The second kappa shape index (κ2) is 5.37. The van der Waals surface area contributed by atoms with E-state index in [1.54, 1.807) is 0 Å². The van der Waals surface area contributed by atoms with Gasteiger partial charge in [0.25, 0.3) is 0 Å². The normalized spacial score (nSPS) is 10.8. The Morgan fingerprint density at radius 2 is 1.79 bits per heavy atom. The smallest absolute Gasteiger partial charge is 0.119 e. The minimum Gasteiger partial charge on any atom is -0.492 e. The monoisotopic (exact) mass is 271 g/mol. The maximum absolute atomic E-state index is 6.16. The first-order chi connectivity index (χ1) is 9.34. The summed E-state index contributed by atoms with van der Waals surface area (Å²) in [7, 11) is 0. The summed E-state index contributed by atoms with van der Waals surface area (Å²) in [5, 5.41) is 1.88. The zero-order chi connectivity index (χ0) is 13.1. The van der Waals surface area contributed by atoms with Crippen molar-refractivity contribution in [3.05, 3.63) is 65.8 Å². The summed E-state index contributed by atoms with van der Waals surface area (Å²) < 4.78 is 7.86. The summed E-state index contributed by atoms with van der Waals surface area (Å²) >= 11 is 6.16. The Hall–Kier alpha value is -1.93. The van der Waals surface area contributed by atoms with Crippen LogP contribution >= 0.6 is 11.6 Å². The molecule has 0 bridgehead atoms. The number of hydrogen-bond donors (Lipinski definition) is 0. The Kier molecular flexibility index (Phi) is 3.43. The van der Waals surface area contributed by atoms with Crippen molar-refractivity contribution in [2.75, 3.05) is 6.61 Å². The molecule has 0 fully saturated rings. The molecule has 0 N–H and O–H groups in total. The van der Waals surface area contributed by atoms with Crippen molar-refractivity contribution >= 4 is 22.5 Å². The van der Waals surface area contributed by atoms with Crippen LogP contribution in [0.3, 0.4) is 0 Å². The molecule has 2 aromatic carbocycles. The molecule has 0 spiro atoms. The fraction of sp³-hybridized carbons (Fsp3) is 0.125. The lowest BCUT2D eigenvalue weighted by molar-refractivity contribution is 0.300. The van der Waals surface area contributed by atoms with Crippen LogP contribution in [0.4, 0.5) is 0 Å². The molecular weight excluding hydrogens is 258 g/mol. The molecule has 0 radical (unpaired) electrons. The zero-order valence-corrected chi connectivity index (χ0v) is 11.2. The van der Waals surface area contributed by atoms with Gasteiger partial charge in [-0.2, -0.15) is 0 Å². The third-order valence-corrected chi connectivity index (χ3v) is 3.43. The molecule has 0 saturated heterocycles. The number of nitrogens with zero attached hydrogens (tertiary/aromatic N) is 1. The molecule has 2 nitrogen and oxygen atoms in total. The van der Waals surface area contributed by atoms with E-state index >= 15 is 0 Å². The first-order valence-corrected chi connectivity index (χ1v) is 6.63. The van der Waals surface area contributed by atoms with E-state index in [1.807, 2.05) is 54.7 Å². The number of ether oxygens (including phenoxy) is 1. The van der Waals surface area contributed by atoms with Crippen molar-refractivity contribution in [1.82, 2.24) is 4.57 Å². The molecular formula is C16H14ClNO. The van der Waals surface area contributed by atoms with E-state index in [-0.39, 0.29) is 0 Å². The van der Waals surface area contributed by atoms with Gasteiger partial charge in [-0.25, -0.2) is 0 Å². The van der Waals surface area contributed by atoms with Crippen molar-refractivity contribution in [3.8, 4) is 5.75 Å². The van der Waals surface area contributed by atoms with E-state index < -0.39 is 0 Å². The highest BCUT2D eigenvalue weighted by atomic mass is 35.5. The van der Waals surface area contributed by atoms with Crippen LogP contribution in [0.15, 0.2) is 60.8 Å². The van der Waals surface area contributed by atoms with Crippen LogP contribution in [-0.2, 0) is 6.54 Å². The predicted octanol–water partition coefficient (Wildman–Crippen LogP) is 4.37. The Bertz CT molecular complexity index is 676. The Balaban J connectivity index is 1.71. The van der Waals surface area contributed by atoms with E-state index in [0.29, 0.717) is 6.61 Å². The highest BCUT2D eigenvalue weighted by Gasteiger charge is 2.03. The number of benzene rings is 2. The summed E-state index contributed by atoms with van der Waals surface area (Å²) in [4.78, 5) is 0. The van der Waals surface area contributed by atoms with Crippen LogP contribution < -0.4 is 4.74 Å². The quantitative estimate of drug-likeness (QED) is 0.687. The number of hydrogen-bond acceptors (Lipinski definition) is 1. The molecule has 0 saturated carbocycles. The minimum atomic E-state index is 0.639. The van der Waals surface area contributed by atoms with Gasteiger partial charge in [-0.05, 0) is 30.3 Å². The fourth-order valence-electron chi connectivity index (χ4n) is 2.16. The van der Waals surface area contributed by atoms with Gasteiger partial charge in [0, 0.05) is 22.1 Å². The lowest BCUT2D eigenvalue weighted by Crippen LogP contribution is -2.06. The van der Waals surface area contributed by atoms with Crippen molar-refractivity contribution in [2.24, 2.45) is 0 Å². The lowest BCUT2D eigenvalue weighted by Gasteiger charge is -2.08. The molecule has 0 amide bonds. The molecule has 19 heavy (non-hydrogen) atoms. The van der Waals surface area contributed by atoms with E-state index in [9.17, 15) is 0 Å². The van der Waals surface area contributed by atoms with Gasteiger partial charge >= 0.3 is 0 Å². The zero-order valence-electron chi connectivity index (χ0n) is 10.4. The van der Waals surface area contributed by atoms with Gasteiger partial charge in [-0.3, -0.25) is 0 Å². The predicted molar refractivity (Wildman–Crippen MR) is 78.9 cm³/mol. The fourth-order valence-corrected chi connectivity index (χ4v) is 2.39. The van der Waals surface area contributed by atoms with Crippen molar-refractivity contribution in [3.63, 3.8) is 0 Å². The van der Waals surface area contributed by atoms with Gasteiger partial charge in [-0.15, -0.1) is 0 Å². The second-order valence-corrected chi connectivity index (χ2v) is 4.75. The van der Waals surface area contributed by atoms with Crippen molar-refractivity contribution in [2.45, 2.75) is 6.54 Å². The van der Waals surface area contributed by atoms with Gasteiger partial charge in [0.2, 0.25) is 0 Å². The Morgan fingerprint density at radius 3 is 2.63 bits per heavy atom. The number of aromatic nitrogens is 1. The van der Waals surface area contributed by atoms with Gasteiger partial charge in [0.05, 0.1) is 6.54 Å². The van der Waals surface area contributed by atoms with Crippen molar-refractivity contribution < 1.29 is 4.74 Å². The molecule has 3 heteroatoms. The number of para-hydroxylation sites is 1. The van der Waals surface area contributed by atoms with E-state index in [4.69, 9.17) is 16.3 Å². The third kappa shape index (κ3) is 2.59. The summed E-state index contributed by atoms with van der Waals surface area (Å²) in [6.07, 6.45) is 2.05. The minimum absolute atomic E-state index is 0.639. The second-order valence-electron chi connectivity index (χ2n) is 4.34. The maximum Gasteiger partial charge on any atom is 0.119 e. The number of fused-ring (bicyclic) bond motifs is 1. The van der Waals surface area contributed by atoms with Crippen LogP contribution in [-0.4, -0.2) is 11.2 Å². The average molecular weight is 272 g/mol. The SMILES string of the molecule is Clc1cccc2c1ccn2CCOc1ccccc1. The van der Waals surface area contributed by atoms with Gasteiger partial charge < -0.3 is 9.30 Å². The van der Waals surface area contributed by atoms with Crippen molar-refractivity contribution in [1.29, 1.82) is 0 Å². The molecule has 1 heterocycles. The molecule has 0 atom stereocenters. The van der Waals surface area contributed by atoms with Crippen LogP contribution in [0.5, 0.6) is 5.75 Å². The molecule has 1 aromatic heterocycles. The Labute approximate surface area is 117 Å². The topological polar surface area (TPSA) is 14.2 Å². The Morgan fingerprint density at radius 1 is 0.947 bits per heavy atom. The summed E-state index contributed by atoms with van der Waals surface area (Å²) in [5.74, 6) is 0.900. The largest absolute Gasteiger partial charge is 0.492 e. The average Bonchev–Trinajstić information content (AvgIpc) is 2.85. The van der Waals surface area contributed by atoms with Crippen LogP contribution in [0.25, 0.3) is 10.9 Å². The summed E-state index contributed by atoms with van der Waals surface area (Å²) in [6.45, 7) is 1.44. The molecule has 3 aromatic rings. The highest BCUT2D eigenvalue weighted by Crippen LogP contribution is 2.24. The summed E-state index contributed by atoms with van der Waals surface area (Å²) in [6, 6.07) is 17.8. The first kappa shape index (κ1) is 12.1. The number of halogens is 1. The van der Waals surface area contributed by atoms with Gasteiger partial charge in [-0.1, -0.05) is 35.9 Å². The maximum atomic E-state index is 6.16. The third-order valence-electron chi connectivity index (χ3n) is 3.10. The van der Waals surface area contributed by atoms with Crippen LogP contribution in [0, 0.1) is 0 Å². The van der Waals surface area contributed by atoms with Crippen LogP contribution in [0.2, 0.25) is 5.02 Å². The molecule has 0 aliphatic carbocycles. The van der Waals surface area contributed by atoms with Crippen LogP contribution in [0.1, 0.15) is 0 Å². The van der Waals surface area contributed by atoms with E-state index in [2.05, 4.69) is 10.6 Å². The van der Waals surface area contributed by atoms with Gasteiger partial charge in [0.1, 0.15) is 12.4 Å². The molecule has 0 aliphatic heterocycles. The first-order valence-electron chi connectivity index (χ1n) is 6.26. The summed E-state index contributed by atoms with van der Waals surface area (Å²) in [5.41, 5.74) is 1.14. The number of rotatable bonds is 4. The molecule has 0 aliphatic rings. The molecule has 3 rings (SSSR count). The molecule has 96 valence electrons. The van der Waals surface area contributed by atoms with E-state index in [1.165, 1.54) is 0 Å². The van der Waals surface area contributed by atoms with Gasteiger partial charge in [0.15, 0.2) is 0 Å². The van der Waals surface area contributed by atoms with E-state index in [0.717, 1.165) is 28.2 Å². The standard InChI is InChI=1S/C16H14ClNO/c17-15-7-4-8-16-14(15)9-10-18(16)11-12-19-13-5-2-1-3-6-13/h1-10H,11-12H2. The molecule has 0 unspecified atom stereocenters. The highest BCUT2D eigenvalue weighted by molar-refractivity contribution is 6.35.